The first kappa shape index (κ1) is 16.7. The summed E-state index contributed by atoms with van der Waals surface area (Å²) in [6, 6.07) is 11.9. The molecule has 0 spiro atoms. The first-order chi connectivity index (χ1) is 11.7. The molecule has 0 unspecified atom stereocenters. The molecule has 1 aromatic carbocycles. The molecule has 1 amide bonds. The van der Waals surface area contributed by atoms with E-state index in [1.165, 1.54) is 16.9 Å². The monoisotopic (exact) mass is 358 g/mol. The van der Waals surface area contributed by atoms with Gasteiger partial charge in [-0.05, 0) is 35.6 Å². The molecule has 3 aromatic rings. The maximum absolute atomic E-state index is 12.0. The summed E-state index contributed by atoms with van der Waals surface area (Å²) in [4.78, 5) is 17.5. The van der Waals surface area contributed by atoms with Crippen LogP contribution in [-0.4, -0.2) is 17.5 Å². The minimum absolute atomic E-state index is 0.0267. The third-order valence-corrected chi connectivity index (χ3v) is 5.01. The highest BCUT2D eigenvalue weighted by Crippen LogP contribution is 2.28. The fraction of sp³-hybridized carbons (Fsp3) is 0.222. The van der Waals surface area contributed by atoms with Crippen molar-refractivity contribution in [2.24, 2.45) is 0 Å². The van der Waals surface area contributed by atoms with Gasteiger partial charge >= 0.3 is 0 Å². The van der Waals surface area contributed by atoms with Crippen LogP contribution in [0.1, 0.15) is 18.9 Å². The molecule has 0 saturated carbocycles. The van der Waals surface area contributed by atoms with E-state index in [1.54, 1.807) is 11.3 Å². The Bertz CT molecular complexity index is 780. The van der Waals surface area contributed by atoms with E-state index in [0.717, 1.165) is 23.4 Å². The van der Waals surface area contributed by atoms with E-state index >= 15 is 0 Å². The first-order valence-electron chi connectivity index (χ1n) is 7.75. The number of carbonyl (C=O) groups excluding carboxylic acids is 1. The Morgan fingerprint density at radius 3 is 2.75 bits per heavy atom. The van der Waals surface area contributed by atoms with Gasteiger partial charge in [-0.1, -0.05) is 31.5 Å². The lowest BCUT2D eigenvalue weighted by Gasteiger charge is -2.06. The quantitative estimate of drug-likeness (QED) is 0.657. The van der Waals surface area contributed by atoms with Crippen molar-refractivity contribution >= 4 is 33.7 Å². The minimum Gasteiger partial charge on any atom is -0.484 e. The van der Waals surface area contributed by atoms with Gasteiger partial charge in [0, 0.05) is 5.38 Å². The number of anilines is 1. The number of ether oxygens (including phenoxy) is 1. The van der Waals surface area contributed by atoms with Crippen molar-refractivity contribution < 1.29 is 9.53 Å². The summed E-state index contributed by atoms with van der Waals surface area (Å²) in [5.74, 6) is 0.489. The maximum atomic E-state index is 12.0. The second-order valence-corrected chi connectivity index (χ2v) is 7.05. The molecule has 0 aliphatic rings. The lowest BCUT2D eigenvalue weighted by molar-refractivity contribution is -0.118. The molecule has 0 bridgehead atoms. The number of nitrogens with one attached hydrogen (secondary N) is 1. The van der Waals surface area contributed by atoms with Crippen LogP contribution < -0.4 is 10.1 Å². The first-order valence-corrected chi connectivity index (χ1v) is 9.51. The number of aromatic nitrogens is 1. The van der Waals surface area contributed by atoms with E-state index in [4.69, 9.17) is 4.74 Å². The van der Waals surface area contributed by atoms with Crippen molar-refractivity contribution in [3.8, 4) is 16.3 Å². The van der Waals surface area contributed by atoms with E-state index in [-0.39, 0.29) is 12.5 Å². The van der Waals surface area contributed by atoms with Gasteiger partial charge < -0.3 is 4.74 Å². The normalized spacial score (nSPS) is 10.5. The Morgan fingerprint density at radius 2 is 2.04 bits per heavy atom. The van der Waals surface area contributed by atoms with Crippen molar-refractivity contribution in [1.82, 2.24) is 4.98 Å². The summed E-state index contributed by atoms with van der Waals surface area (Å²) >= 11 is 3.04. The molecule has 0 aliphatic carbocycles. The minimum atomic E-state index is -0.209. The number of hydrogen-bond acceptors (Lipinski definition) is 5. The van der Waals surface area contributed by atoms with Crippen LogP contribution in [0.2, 0.25) is 0 Å². The van der Waals surface area contributed by atoms with Gasteiger partial charge in [-0.15, -0.1) is 22.7 Å². The van der Waals surface area contributed by atoms with Gasteiger partial charge in [-0.3, -0.25) is 10.1 Å². The number of nitrogens with zero attached hydrogens (tertiary/aromatic N) is 1. The Morgan fingerprint density at radius 1 is 1.21 bits per heavy atom. The summed E-state index contributed by atoms with van der Waals surface area (Å²) in [7, 11) is 0. The second-order valence-electron chi connectivity index (χ2n) is 5.25. The smallest absolute Gasteiger partial charge is 0.264 e. The predicted molar refractivity (Wildman–Crippen MR) is 100.0 cm³/mol. The number of carbonyl (C=O) groups is 1. The van der Waals surface area contributed by atoms with Crippen molar-refractivity contribution in [3.05, 3.63) is 52.7 Å². The van der Waals surface area contributed by atoms with Gasteiger partial charge in [-0.2, -0.15) is 0 Å². The number of hydrogen-bond donors (Lipinski definition) is 1. The molecule has 2 heterocycles. The highest BCUT2D eigenvalue weighted by molar-refractivity contribution is 7.16. The molecule has 124 valence electrons. The molecular formula is C18H18N2O2S2. The number of rotatable bonds is 7. The molecule has 3 rings (SSSR count). The van der Waals surface area contributed by atoms with E-state index in [2.05, 4.69) is 17.2 Å². The molecule has 0 aliphatic heterocycles. The average Bonchev–Trinajstić information content (AvgIpc) is 3.26. The van der Waals surface area contributed by atoms with E-state index in [9.17, 15) is 4.79 Å². The van der Waals surface area contributed by atoms with Crippen LogP contribution in [0.3, 0.4) is 0 Å². The van der Waals surface area contributed by atoms with Crippen molar-refractivity contribution in [2.75, 3.05) is 11.9 Å². The zero-order chi connectivity index (χ0) is 16.8. The maximum Gasteiger partial charge on any atom is 0.264 e. The number of thiazole rings is 1. The Kier molecular flexibility index (Phi) is 5.61. The zero-order valence-corrected chi connectivity index (χ0v) is 15.0. The van der Waals surface area contributed by atoms with Crippen molar-refractivity contribution in [2.45, 2.75) is 19.8 Å². The summed E-state index contributed by atoms with van der Waals surface area (Å²) < 4.78 is 5.52. The largest absolute Gasteiger partial charge is 0.484 e. The van der Waals surface area contributed by atoms with Crippen LogP contribution in [0.5, 0.6) is 5.75 Å². The molecule has 4 nitrogen and oxygen atoms in total. The molecule has 24 heavy (non-hydrogen) atoms. The lowest BCUT2D eigenvalue weighted by atomic mass is 10.1. The fourth-order valence-electron chi connectivity index (χ4n) is 2.21. The van der Waals surface area contributed by atoms with Crippen LogP contribution >= 0.6 is 22.7 Å². The lowest BCUT2D eigenvalue weighted by Crippen LogP contribution is -2.20. The highest BCUT2D eigenvalue weighted by Gasteiger charge is 2.09. The van der Waals surface area contributed by atoms with Gasteiger partial charge in [0.1, 0.15) is 5.75 Å². The van der Waals surface area contributed by atoms with E-state index < -0.39 is 0 Å². The topological polar surface area (TPSA) is 51.2 Å². The molecule has 1 N–H and O–H groups in total. The Hall–Kier alpha value is -2.18. The SMILES string of the molecule is CCCc1ccc(OCC(=O)Nc2nc(-c3cccs3)cs2)cc1. The third-order valence-electron chi connectivity index (χ3n) is 3.36. The zero-order valence-electron chi connectivity index (χ0n) is 13.3. The summed E-state index contributed by atoms with van der Waals surface area (Å²) in [5, 5.41) is 7.31. The number of amides is 1. The van der Waals surface area contributed by atoms with Gasteiger partial charge in [0.15, 0.2) is 11.7 Å². The van der Waals surface area contributed by atoms with E-state index in [0.29, 0.717) is 10.9 Å². The van der Waals surface area contributed by atoms with Gasteiger partial charge in [0.25, 0.3) is 5.91 Å². The molecular weight excluding hydrogens is 340 g/mol. The fourth-order valence-corrected chi connectivity index (χ4v) is 3.70. The van der Waals surface area contributed by atoms with Crippen molar-refractivity contribution in [1.29, 1.82) is 0 Å². The Labute approximate surface area is 149 Å². The van der Waals surface area contributed by atoms with Gasteiger partial charge in [-0.25, -0.2) is 4.98 Å². The van der Waals surface area contributed by atoms with Crippen LogP contribution in [0.25, 0.3) is 10.6 Å². The van der Waals surface area contributed by atoms with Crippen LogP contribution in [0, 0.1) is 0 Å². The van der Waals surface area contributed by atoms with Gasteiger partial charge in [0.2, 0.25) is 0 Å². The molecule has 0 saturated heterocycles. The van der Waals surface area contributed by atoms with E-state index in [1.807, 2.05) is 47.2 Å². The standard InChI is InChI=1S/C18H18N2O2S2/c1-2-4-13-6-8-14(9-7-13)22-11-17(21)20-18-19-15(12-24-18)16-5-3-10-23-16/h3,5-10,12H,2,4,11H2,1H3,(H,19,20,21). The number of benzene rings is 1. The summed E-state index contributed by atoms with van der Waals surface area (Å²) in [5.41, 5.74) is 2.16. The number of thiophene rings is 1. The molecule has 0 fully saturated rings. The average molecular weight is 358 g/mol. The van der Waals surface area contributed by atoms with Crippen molar-refractivity contribution in [3.63, 3.8) is 0 Å². The summed E-state index contributed by atoms with van der Waals surface area (Å²) in [6.07, 6.45) is 2.17. The molecule has 0 radical (unpaired) electrons. The molecule has 2 aromatic heterocycles. The molecule has 6 heteroatoms. The Balaban J connectivity index is 1.50. The van der Waals surface area contributed by atoms with Gasteiger partial charge in [0.05, 0.1) is 10.6 Å². The molecule has 0 atom stereocenters. The van der Waals surface area contributed by atoms with Crippen LogP contribution in [0.4, 0.5) is 5.13 Å². The van der Waals surface area contributed by atoms with Crippen LogP contribution in [0.15, 0.2) is 47.2 Å². The highest BCUT2D eigenvalue weighted by atomic mass is 32.1. The number of aryl methyl sites for hydroxylation is 1. The second kappa shape index (κ2) is 8.08. The van der Waals surface area contributed by atoms with Crippen LogP contribution in [-0.2, 0) is 11.2 Å². The predicted octanol–water partition coefficient (Wildman–Crippen LogP) is 4.84. The third kappa shape index (κ3) is 4.43. The summed E-state index contributed by atoms with van der Waals surface area (Å²) in [6.45, 7) is 2.12.